The van der Waals surface area contributed by atoms with Crippen LogP contribution < -0.4 is 5.32 Å². The molecule has 1 aliphatic carbocycles. The molecule has 4 heteroatoms. The van der Waals surface area contributed by atoms with E-state index in [0.29, 0.717) is 12.6 Å². The number of amides is 1. The minimum absolute atomic E-state index is 0.148. The summed E-state index contributed by atoms with van der Waals surface area (Å²) in [7, 11) is 0. The van der Waals surface area contributed by atoms with E-state index in [-0.39, 0.29) is 6.09 Å². The number of carbonyl (C=O) groups excluding carboxylic acids is 1. The highest BCUT2D eigenvalue weighted by atomic mass is 16.6. The minimum Gasteiger partial charge on any atom is -0.450 e. The molecular weight excluding hydrogens is 228 g/mol. The smallest absolute Gasteiger partial charge is 0.409 e. The standard InChI is InChI=1S/C14H26N2O2/c1-2-18-14(17)16-9-5-8-13(11-16)15-10-12-6-3-4-7-12/h12-13,15H,2-11H2,1H3. The van der Waals surface area contributed by atoms with Gasteiger partial charge in [-0.25, -0.2) is 4.79 Å². The van der Waals surface area contributed by atoms with Crippen LogP contribution in [0.1, 0.15) is 45.4 Å². The van der Waals surface area contributed by atoms with Crippen LogP contribution in [0.4, 0.5) is 4.79 Å². The van der Waals surface area contributed by atoms with Gasteiger partial charge in [-0.2, -0.15) is 0 Å². The average molecular weight is 254 g/mol. The van der Waals surface area contributed by atoms with Crippen molar-refractivity contribution < 1.29 is 9.53 Å². The summed E-state index contributed by atoms with van der Waals surface area (Å²) in [6, 6.07) is 0.462. The average Bonchev–Trinajstić information content (AvgIpc) is 2.90. The number of nitrogens with one attached hydrogen (secondary N) is 1. The Morgan fingerprint density at radius 1 is 1.28 bits per heavy atom. The van der Waals surface area contributed by atoms with Crippen molar-refractivity contribution in [2.45, 2.75) is 51.5 Å². The van der Waals surface area contributed by atoms with Gasteiger partial charge in [0.15, 0.2) is 0 Å². The van der Waals surface area contributed by atoms with Gasteiger partial charge < -0.3 is 15.0 Å². The number of rotatable bonds is 4. The van der Waals surface area contributed by atoms with Gasteiger partial charge in [0.1, 0.15) is 0 Å². The first-order chi connectivity index (χ1) is 8.79. The summed E-state index contributed by atoms with van der Waals surface area (Å²) < 4.78 is 5.07. The third-order valence-corrected chi connectivity index (χ3v) is 4.12. The number of likely N-dealkylation sites (tertiary alicyclic amines) is 1. The van der Waals surface area contributed by atoms with E-state index in [0.717, 1.165) is 32.0 Å². The summed E-state index contributed by atoms with van der Waals surface area (Å²) in [5, 5.41) is 3.64. The van der Waals surface area contributed by atoms with Crippen molar-refractivity contribution in [2.24, 2.45) is 5.92 Å². The third-order valence-electron chi connectivity index (χ3n) is 4.12. The van der Waals surface area contributed by atoms with Gasteiger partial charge in [-0.05, 0) is 45.1 Å². The van der Waals surface area contributed by atoms with E-state index >= 15 is 0 Å². The highest BCUT2D eigenvalue weighted by molar-refractivity contribution is 5.67. The van der Waals surface area contributed by atoms with Crippen LogP contribution >= 0.6 is 0 Å². The van der Waals surface area contributed by atoms with Gasteiger partial charge in [0.05, 0.1) is 6.61 Å². The highest BCUT2D eigenvalue weighted by Crippen LogP contribution is 2.24. The fraction of sp³-hybridized carbons (Fsp3) is 0.929. The van der Waals surface area contributed by atoms with Crippen molar-refractivity contribution in [3.63, 3.8) is 0 Å². The Balaban J connectivity index is 1.70. The van der Waals surface area contributed by atoms with Gasteiger partial charge in [0.2, 0.25) is 0 Å². The number of piperidine rings is 1. The third kappa shape index (κ3) is 3.87. The highest BCUT2D eigenvalue weighted by Gasteiger charge is 2.25. The second-order valence-electron chi connectivity index (χ2n) is 5.54. The minimum atomic E-state index is -0.148. The molecule has 1 amide bonds. The molecule has 1 saturated heterocycles. The summed E-state index contributed by atoms with van der Waals surface area (Å²) in [6.45, 7) is 5.11. The van der Waals surface area contributed by atoms with Gasteiger partial charge in [-0.1, -0.05) is 12.8 Å². The molecule has 1 N–H and O–H groups in total. The largest absolute Gasteiger partial charge is 0.450 e. The van der Waals surface area contributed by atoms with Crippen molar-refractivity contribution >= 4 is 6.09 Å². The molecule has 4 nitrogen and oxygen atoms in total. The lowest BCUT2D eigenvalue weighted by atomic mass is 10.0. The summed E-state index contributed by atoms with van der Waals surface area (Å²) in [5.74, 6) is 0.864. The Kier molecular flexibility index (Phi) is 5.29. The molecular formula is C14H26N2O2. The van der Waals surface area contributed by atoms with Crippen molar-refractivity contribution in [1.82, 2.24) is 10.2 Å². The lowest BCUT2D eigenvalue weighted by Gasteiger charge is -2.33. The van der Waals surface area contributed by atoms with E-state index < -0.39 is 0 Å². The van der Waals surface area contributed by atoms with Gasteiger partial charge in [-0.15, -0.1) is 0 Å². The van der Waals surface area contributed by atoms with Crippen LogP contribution in [0.15, 0.2) is 0 Å². The second-order valence-corrected chi connectivity index (χ2v) is 5.54. The predicted molar refractivity (Wildman–Crippen MR) is 71.6 cm³/mol. The summed E-state index contributed by atoms with van der Waals surface area (Å²) in [6.07, 6.45) is 7.66. The van der Waals surface area contributed by atoms with Crippen LogP contribution in [-0.2, 0) is 4.74 Å². The SMILES string of the molecule is CCOC(=O)N1CCCC(NCC2CCCC2)C1. The number of carbonyl (C=O) groups is 1. The van der Waals surface area contributed by atoms with E-state index in [1.54, 1.807) is 0 Å². The molecule has 2 fully saturated rings. The lowest BCUT2D eigenvalue weighted by Crippen LogP contribution is -2.49. The van der Waals surface area contributed by atoms with Gasteiger partial charge in [0.25, 0.3) is 0 Å². The van der Waals surface area contributed by atoms with E-state index in [2.05, 4.69) is 5.32 Å². The first-order valence-corrected chi connectivity index (χ1v) is 7.44. The van der Waals surface area contributed by atoms with Crippen LogP contribution in [0.3, 0.4) is 0 Å². The van der Waals surface area contributed by atoms with Gasteiger partial charge in [-0.3, -0.25) is 0 Å². The molecule has 0 radical (unpaired) electrons. The molecule has 0 aromatic rings. The molecule has 0 spiro atoms. The molecule has 0 aromatic heterocycles. The Morgan fingerprint density at radius 2 is 2.06 bits per heavy atom. The zero-order valence-corrected chi connectivity index (χ0v) is 11.5. The number of hydrogen-bond donors (Lipinski definition) is 1. The molecule has 1 aliphatic heterocycles. The first kappa shape index (κ1) is 13.7. The maximum absolute atomic E-state index is 11.7. The molecule has 104 valence electrons. The van der Waals surface area contributed by atoms with Crippen molar-refractivity contribution in [2.75, 3.05) is 26.2 Å². The Morgan fingerprint density at radius 3 is 2.78 bits per heavy atom. The van der Waals surface area contributed by atoms with Crippen LogP contribution in [0.5, 0.6) is 0 Å². The molecule has 1 saturated carbocycles. The van der Waals surface area contributed by atoms with E-state index in [1.807, 2.05) is 11.8 Å². The van der Waals surface area contributed by atoms with E-state index in [1.165, 1.54) is 32.1 Å². The Labute approximate surface area is 110 Å². The summed E-state index contributed by atoms with van der Waals surface area (Å²) >= 11 is 0. The molecule has 1 heterocycles. The van der Waals surface area contributed by atoms with Crippen molar-refractivity contribution in [3.05, 3.63) is 0 Å². The van der Waals surface area contributed by atoms with Gasteiger partial charge >= 0.3 is 6.09 Å². The molecule has 1 unspecified atom stereocenters. The molecule has 0 aromatic carbocycles. The molecule has 2 aliphatic rings. The van der Waals surface area contributed by atoms with E-state index in [4.69, 9.17) is 4.74 Å². The fourth-order valence-corrected chi connectivity index (χ4v) is 3.07. The monoisotopic (exact) mass is 254 g/mol. The molecule has 2 rings (SSSR count). The quantitative estimate of drug-likeness (QED) is 0.837. The van der Waals surface area contributed by atoms with Crippen LogP contribution in [-0.4, -0.2) is 43.3 Å². The predicted octanol–water partition coefficient (Wildman–Crippen LogP) is 2.39. The number of ether oxygens (including phenoxy) is 1. The Hall–Kier alpha value is -0.770. The number of nitrogens with zero attached hydrogens (tertiary/aromatic N) is 1. The summed E-state index contributed by atoms with van der Waals surface area (Å²) in [4.78, 5) is 13.5. The topological polar surface area (TPSA) is 41.6 Å². The van der Waals surface area contributed by atoms with Gasteiger partial charge in [0, 0.05) is 19.1 Å². The molecule has 1 atom stereocenters. The second kappa shape index (κ2) is 6.98. The molecule has 0 bridgehead atoms. The lowest BCUT2D eigenvalue weighted by molar-refractivity contribution is 0.0925. The van der Waals surface area contributed by atoms with Crippen LogP contribution in [0, 0.1) is 5.92 Å². The summed E-state index contributed by atoms with van der Waals surface area (Å²) in [5.41, 5.74) is 0. The van der Waals surface area contributed by atoms with E-state index in [9.17, 15) is 4.79 Å². The molecule has 18 heavy (non-hydrogen) atoms. The normalized spacial score (nSPS) is 25.4. The first-order valence-electron chi connectivity index (χ1n) is 7.44. The maximum Gasteiger partial charge on any atom is 0.409 e. The fourth-order valence-electron chi connectivity index (χ4n) is 3.07. The van der Waals surface area contributed by atoms with Crippen LogP contribution in [0.2, 0.25) is 0 Å². The van der Waals surface area contributed by atoms with Crippen molar-refractivity contribution in [1.29, 1.82) is 0 Å². The zero-order chi connectivity index (χ0) is 12.8. The van der Waals surface area contributed by atoms with Crippen LogP contribution in [0.25, 0.3) is 0 Å². The zero-order valence-electron chi connectivity index (χ0n) is 11.5. The maximum atomic E-state index is 11.7. The Bertz CT molecular complexity index is 265. The number of hydrogen-bond acceptors (Lipinski definition) is 3. The van der Waals surface area contributed by atoms with Crippen molar-refractivity contribution in [3.8, 4) is 0 Å².